The number of anilines is 1. The monoisotopic (exact) mass is 423 g/mol. The fourth-order valence-corrected chi connectivity index (χ4v) is 4.27. The van der Waals surface area contributed by atoms with Crippen molar-refractivity contribution in [1.82, 2.24) is 9.55 Å². The molecule has 6 nitrogen and oxygen atoms in total. The minimum Gasteiger partial charge on any atom is -0.497 e. The van der Waals surface area contributed by atoms with Crippen LogP contribution in [0.4, 0.5) is 5.69 Å². The molecule has 1 saturated heterocycles. The standard InChI is InChI=1S/C23H25N3O3S/c1-28-19-11-9-18(10-12-19)25-22(27)16-30-23-24-14-21(17-6-3-2-4-7-17)26(23)15-20-8-5-13-29-20/h2-4,6-7,9-12,14,20H,5,8,13,15-16H2,1H3,(H,25,27). The van der Waals surface area contributed by atoms with Crippen molar-refractivity contribution < 1.29 is 14.3 Å². The first kappa shape index (κ1) is 20.5. The van der Waals surface area contributed by atoms with Gasteiger partial charge in [0.25, 0.3) is 0 Å². The van der Waals surface area contributed by atoms with Gasteiger partial charge in [0.05, 0.1) is 37.4 Å². The molecule has 0 aliphatic carbocycles. The summed E-state index contributed by atoms with van der Waals surface area (Å²) in [5, 5.41) is 3.75. The van der Waals surface area contributed by atoms with Crippen molar-refractivity contribution in [2.24, 2.45) is 0 Å². The van der Waals surface area contributed by atoms with Crippen molar-refractivity contribution in [3.8, 4) is 17.0 Å². The molecule has 1 aliphatic heterocycles. The maximum atomic E-state index is 12.4. The maximum absolute atomic E-state index is 12.4. The SMILES string of the molecule is COc1ccc(NC(=O)CSc2ncc(-c3ccccc3)n2CC2CCCO2)cc1. The number of imidazole rings is 1. The molecule has 2 aromatic carbocycles. The van der Waals surface area contributed by atoms with E-state index in [1.54, 1.807) is 7.11 Å². The van der Waals surface area contributed by atoms with E-state index in [-0.39, 0.29) is 17.8 Å². The molecule has 1 aromatic heterocycles. The van der Waals surface area contributed by atoms with Crippen LogP contribution in [0.5, 0.6) is 5.75 Å². The average Bonchev–Trinajstić information content (AvgIpc) is 3.44. The number of methoxy groups -OCH3 is 1. The van der Waals surface area contributed by atoms with Crippen LogP contribution in [0.1, 0.15) is 12.8 Å². The molecule has 0 bridgehead atoms. The van der Waals surface area contributed by atoms with Crippen molar-refractivity contribution in [3.05, 3.63) is 60.8 Å². The summed E-state index contributed by atoms with van der Waals surface area (Å²) in [5.74, 6) is 0.966. The van der Waals surface area contributed by atoms with Crippen LogP contribution in [0.15, 0.2) is 66.0 Å². The Balaban J connectivity index is 1.45. The first-order valence-electron chi connectivity index (χ1n) is 10.0. The minimum atomic E-state index is -0.0712. The summed E-state index contributed by atoms with van der Waals surface area (Å²) >= 11 is 1.44. The number of ether oxygens (including phenoxy) is 2. The van der Waals surface area contributed by atoms with Crippen molar-refractivity contribution in [2.45, 2.75) is 30.6 Å². The van der Waals surface area contributed by atoms with Gasteiger partial charge in [-0.1, -0.05) is 42.1 Å². The van der Waals surface area contributed by atoms with E-state index in [1.165, 1.54) is 11.8 Å². The summed E-state index contributed by atoms with van der Waals surface area (Å²) in [4.78, 5) is 17.1. The average molecular weight is 424 g/mol. The summed E-state index contributed by atoms with van der Waals surface area (Å²) in [6.07, 6.45) is 4.21. The quantitative estimate of drug-likeness (QED) is 0.542. The van der Waals surface area contributed by atoms with Crippen LogP contribution in [-0.2, 0) is 16.1 Å². The van der Waals surface area contributed by atoms with Crippen molar-refractivity contribution >= 4 is 23.4 Å². The first-order chi connectivity index (χ1) is 14.7. The molecule has 0 spiro atoms. The second kappa shape index (κ2) is 9.82. The summed E-state index contributed by atoms with van der Waals surface area (Å²) in [7, 11) is 1.62. The van der Waals surface area contributed by atoms with Gasteiger partial charge in [-0.2, -0.15) is 0 Å². The summed E-state index contributed by atoms with van der Waals surface area (Å²) in [5.41, 5.74) is 2.90. The number of carbonyl (C=O) groups is 1. The molecule has 7 heteroatoms. The molecule has 2 heterocycles. The van der Waals surface area contributed by atoms with Gasteiger partial charge >= 0.3 is 0 Å². The number of carbonyl (C=O) groups excluding carboxylic acids is 1. The number of amides is 1. The fourth-order valence-electron chi connectivity index (χ4n) is 3.48. The van der Waals surface area contributed by atoms with E-state index in [1.807, 2.05) is 48.7 Å². The highest BCUT2D eigenvalue weighted by atomic mass is 32.2. The second-order valence-electron chi connectivity index (χ2n) is 7.10. The van der Waals surface area contributed by atoms with E-state index in [0.717, 1.165) is 53.8 Å². The molecular formula is C23H25N3O3S. The zero-order valence-corrected chi connectivity index (χ0v) is 17.7. The van der Waals surface area contributed by atoms with Crippen LogP contribution >= 0.6 is 11.8 Å². The number of benzene rings is 2. The Labute approximate surface area is 180 Å². The second-order valence-corrected chi connectivity index (χ2v) is 8.05. The number of nitrogens with zero attached hydrogens (tertiary/aromatic N) is 2. The smallest absolute Gasteiger partial charge is 0.234 e. The summed E-state index contributed by atoms with van der Waals surface area (Å²) in [6.45, 7) is 1.55. The van der Waals surface area contributed by atoms with Gasteiger partial charge in [0.15, 0.2) is 5.16 Å². The molecule has 4 rings (SSSR count). The largest absolute Gasteiger partial charge is 0.497 e. The lowest BCUT2D eigenvalue weighted by molar-refractivity contribution is -0.113. The molecule has 1 atom stereocenters. The number of hydrogen-bond donors (Lipinski definition) is 1. The van der Waals surface area contributed by atoms with Crippen LogP contribution in [0, 0.1) is 0 Å². The molecule has 1 amide bonds. The van der Waals surface area contributed by atoms with Gasteiger partial charge in [-0.25, -0.2) is 4.98 Å². The number of hydrogen-bond acceptors (Lipinski definition) is 5. The predicted molar refractivity (Wildman–Crippen MR) is 119 cm³/mol. The zero-order chi connectivity index (χ0) is 20.8. The Morgan fingerprint density at radius 3 is 2.73 bits per heavy atom. The van der Waals surface area contributed by atoms with Crippen LogP contribution < -0.4 is 10.1 Å². The molecule has 30 heavy (non-hydrogen) atoms. The van der Waals surface area contributed by atoms with Gasteiger partial charge in [0, 0.05) is 12.3 Å². The van der Waals surface area contributed by atoms with Gasteiger partial charge in [-0.15, -0.1) is 0 Å². The molecular weight excluding hydrogens is 398 g/mol. The number of nitrogens with one attached hydrogen (secondary N) is 1. The summed E-state index contributed by atoms with van der Waals surface area (Å²) in [6, 6.07) is 17.5. The van der Waals surface area contributed by atoms with E-state index in [2.05, 4.69) is 27.0 Å². The third kappa shape index (κ3) is 5.04. The van der Waals surface area contributed by atoms with Gasteiger partial charge in [-0.3, -0.25) is 4.79 Å². The van der Waals surface area contributed by atoms with Gasteiger partial charge in [-0.05, 0) is 42.7 Å². The minimum absolute atomic E-state index is 0.0712. The molecule has 1 unspecified atom stereocenters. The number of rotatable bonds is 8. The van der Waals surface area contributed by atoms with E-state index in [9.17, 15) is 4.79 Å². The lowest BCUT2D eigenvalue weighted by Gasteiger charge is -2.16. The van der Waals surface area contributed by atoms with Crippen LogP contribution in [0.25, 0.3) is 11.3 Å². The molecule has 0 saturated carbocycles. The van der Waals surface area contributed by atoms with Crippen molar-refractivity contribution in [1.29, 1.82) is 0 Å². The fraction of sp³-hybridized carbons (Fsp3) is 0.304. The highest BCUT2D eigenvalue weighted by Gasteiger charge is 2.21. The molecule has 1 N–H and O–H groups in total. The predicted octanol–water partition coefficient (Wildman–Crippen LogP) is 4.47. The lowest BCUT2D eigenvalue weighted by atomic mass is 10.1. The normalized spacial score (nSPS) is 15.8. The highest BCUT2D eigenvalue weighted by Crippen LogP contribution is 2.28. The lowest BCUT2D eigenvalue weighted by Crippen LogP contribution is -2.18. The van der Waals surface area contributed by atoms with Crippen LogP contribution in [-0.4, -0.2) is 41.0 Å². The van der Waals surface area contributed by atoms with Crippen molar-refractivity contribution in [3.63, 3.8) is 0 Å². The Bertz CT molecular complexity index is 967. The number of aromatic nitrogens is 2. The Hall–Kier alpha value is -2.77. The number of thioether (sulfide) groups is 1. The molecule has 1 fully saturated rings. The Morgan fingerprint density at radius 1 is 1.23 bits per heavy atom. The maximum Gasteiger partial charge on any atom is 0.234 e. The van der Waals surface area contributed by atoms with Gasteiger partial charge in [0.1, 0.15) is 5.75 Å². The van der Waals surface area contributed by atoms with Crippen LogP contribution in [0.3, 0.4) is 0 Å². The Kier molecular flexibility index (Phi) is 6.71. The summed E-state index contributed by atoms with van der Waals surface area (Å²) < 4.78 is 13.2. The first-order valence-corrected chi connectivity index (χ1v) is 11.0. The van der Waals surface area contributed by atoms with E-state index in [0.29, 0.717) is 0 Å². The third-order valence-corrected chi connectivity index (χ3v) is 6.00. The van der Waals surface area contributed by atoms with E-state index in [4.69, 9.17) is 9.47 Å². The van der Waals surface area contributed by atoms with E-state index >= 15 is 0 Å². The topological polar surface area (TPSA) is 65.4 Å². The van der Waals surface area contributed by atoms with Crippen molar-refractivity contribution in [2.75, 3.05) is 24.8 Å². The molecule has 0 radical (unpaired) electrons. The molecule has 156 valence electrons. The zero-order valence-electron chi connectivity index (χ0n) is 16.9. The van der Waals surface area contributed by atoms with Gasteiger partial charge in [0.2, 0.25) is 5.91 Å². The van der Waals surface area contributed by atoms with Gasteiger partial charge < -0.3 is 19.4 Å². The molecule has 1 aliphatic rings. The van der Waals surface area contributed by atoms with E-state index < -0.39 is 0 Å². The highest BCUT2D eigenvalue weighted by molar-refractivity contribution is 7.99. The Morgan fingerprint density at radius 2 is 2.03 bits per heavy atom. The van der Waals surface area contributed by atoms with Crippen LogP contribution in [0.2, 0.25) is 0 Å². The third-order valence-electron chi connectivity index (χ3n) is 5.00. The molecule has 3 aromatic rings.